The van der Waals surface area contributed by atoms with Gasteiger partial charge in [0.2, 0.25) is 5.69 Å². The van der Waals surface area contributed by atoms with E-state index in [0.29, 0.717) is 0 Å². The van der Waals surface area contributed by atoms with E-state index in [1.54, 1.807) is 0 Å². The van der Waals surface area contributed by atoms with Crippen LogP contribution in [-0.2, 0) is 7.05 Å². The zero-order valence-electron chi connectivity index (χ0n) is 16.2. The van der Waals surface area contributed by atoms with Gasteiger partial charge in [-0.15, -0.1) is 0 Å². The van der Waals surface area contributed by atoms with Crippen LogP contribution in [0.25, 0.3) is 43.9 Å². The highest BCUT2D eigenvalue weighted by atomic mass is 14.9. The number of fused-ring (bicyclic) bond motifs is 3. The molecule has 28 heavy (non-hydrogen) atoms. The summed E-state index contributed by atoms with van der Waals surface area (Å²) in [5.41, 5.74) is 6.33. The molecular formula is C27H22N+. The molecule has 0 spiro atoms. The van der Waals surface area contributed by atoms with Gasteiger partial charge in [-0.05, 0) is 63.4 Å². The highest BCUT2D eigenvalue weighted by Gasteiger charge is 2.14. The second-order valence-corrected chi connectivity index (χ2v) is 7.42. The van der Waals surface area contributed by atoms with Crippen molar-refractivity contribution in [3.63, 3.8) is 0 Å². The van der Waals surface area contributed by atoms with Crippen molar-refractivity contribution in [2.45, 2.75) is 6.92 Å². The fourth-order valence-corrected chi connectivity index (χ4v) is 4.16. The average Bonchev–Trinajstić information content (AvgIpc) is 2.74. The Morgan fingerprint density at radius 2 is 1.32 bits per heavy atom. The highest BCUT2D eigenvalue weighted by molar-refractivity contribution is 6.13. The van der Waals surface area contributed by atoms with Crippen molar-refractivity contribution in [2.75, 3.05) is 0 Å². The minimum Gasteiger partial charge on any atom is -0.201 e. The standard InChI is InChI=1S/C27H22N/c1-19-14-15-21(17-25(19)27-13-7-8-16-28(27)2)26-18-20-9-3-4-10-22(20)23-11-5-6-12-24(23)26/h3-18H,1-2H3/q+1. The summed E-state index contributed by atoms with van der Waals surface area (Å²) in [5, 5.41) is 5.20. The normalized spacial score (nSPS) is 11.2. The SMILES string of the molecule is Cc1ccc(-c2cc3ccccc3c3ccccc23)cc1-c1cccc[n+]1C. The summed E-state index contributed by atoms with van der Waals surface area (Å²) < 4.78 is 2.19. The molecule has 1 heteroatoms. The molecule has 0 atom stereocenters. The Hall–Kier alpha value is -3.45. The van der Waals surface area contributed by atoms with Crippen molar-refractivity contribution in [3.8, 4) is 22.4 Å². The molecule has 4 aromatic carbocycles. The summed E-state index contributed by atoms with van der Waals surface area (Å²) in [6.45, 7) is 2.19. The van der Waals surface area contributed by atoms with Gasteiger partial charge in [0.1, 0.15) is 7.05 Å². The van der Waals surface area contributed by atoms with Crippen LogP contribution in [0.1, 0.15) is 5.56 Å². The molecule has 1 aromatic heterocycles. The first-order valence-corrected chi connectivity index (χ1v) is 9.69. The minimum atomic E-state index is 1.23. The Balaban J connectivity index is 1.81. The van der Waals surface area contributed by atoms with E-state index in [4.69, 9.17) is 0 Å². The summed E-state index contributed by atoms with van der Waals surface area (Å²) in [6, 6.07) is 32.9. The number of hydrogen-bond acceptors (Lipinski definition) is 0. The van der Waals surface area contributed by atoms with Crippen LogP contribution in [0.5, 0.6) is 0 Å². The maximum atomic E-state index is 2.33. The fraction of sp³-hybridized carbons (Fsp3) is 0.0741. The third-order valence-electron chi connectivity index (χ3n) is 5.65. The van der Waals surface area contributed by atoms with Crippen LogP contribution >= 0.6 is 0 Å². The van der Waals surface area contributed by atoms with E-state index in [1.807, 2.05) is 0 Å². The first-order chi connectivity index (χ1) is 13.7. The number of pyridine rings is 1. The summed E-state index contributed by atoms with van der Waals surface area (Å²) in [5.74, 6) is 0. The number of rotatable bonds is 2. The van der Waals surface area contributed by atoms with Crippen molar-refractivity contribution >= 4 is 21.5 Å². The van der Waals surface area contributed by atoms with Crippen LogP contribution < -0.4 is 4.57 Å². The molecule has 0 bridgehead atoms. The van der Waals surface area contributed by atoms with Gasteiger partial charge in [-0.1, -0.05) is 60.7 Å². The molecule has 1 nitrogen and oxygen atoms in total. The van der Waals surface area contributed by atoms with Crippen LogP contribution in [0.15, 0.2) is 97.2 Å². The molecule has 0 unspecified atom stereocenters. The van der Waals surface area contributed by atoms with Gasteiger partial charge >= 0.3 is 0 Å². The smallest absolute Gasteiger partial charge is 0.201 e. The molecule has 0 aliphatic carbocycles. The Labute approximate surface area is 165 Å². The van der Waals surface area contributed by atoms with E-state index >= 15 is 0 Å². The molecule has 1 heterocycles. The zero-order valence-corrected chi connectivity index (χ0v) is 16.2. The van der Waals surface area contributed by atoms with Crippen LogP contribution in [0.2, 0.25) is 0 Å². The first kappa shape index (κ1) is 16.7. The first-order valence-electron chi connectivity index (χ1n) is 9.69. The lowest BCUT2D eigenvalue weighted by Gasteiger charge is -2.13. The van der Waals surface area contributed by atoms with Crippen LogP contribution in [0.3, 0.4) is 0 Å². The van der Waals surface area contributed by atoms with Crippen molar-refractivity contribution in [1.29, 1.82) is 0 Å². The van der Waals surface area contributed by atoms with Gasteiger partial charge in [-0.25, -0.2) is 4.57 Å². The van der Waals surface area contributed by atoms with E-state index in [-0.39, 0.29) is 0 Å². The van der Waals surface area contributed by atoms with Crippen LogP contribution in [0.4, 0.5) is 0 Å². The van der Waals surface area contributed by atoms with Crippen molar-refractivity contribution in [2.24, 2.45) is 7.05 Å². The second kappa shape index (κ2) is 6.61. The van der Waals surface area contributed by atoms with Crippen LogP contribution in [-0.4, -0.2) is 0 Å². The molecule has 0 saturated heterocycles. The molecular weight excluding hydrogens is 338 g/mol. The molecule has 5 aromatic rings. The minimum absolute atomic E-state index is 1.23. The van der Waals surface area contributed by atoms with Gasteiger partial charge in [-0.2, -0.15) is 0 Å². The number of hydrogen-bond donors (Lipinski definition) is 0. The predicted molar refractivity (Wildman–Crippen MR) is 118 cm³/mol. The summed E-state index contributed by atoms with van der Waals surface area (Å²) >= 11 is 0. The third kappa shape index (κ3) is 2.68. The average molecular weight is 360 g/mol. The molecule has 0 aliphatic rings. The molecule has 0 saturated carbocycles. The molecule has 0 amide bonds. The predicted octanol–water partition coefficient (Wildman–Crippen LogP) is 6.46. The molecule has 0 N–H and O–H groups in total. The second-order valence-electron chi connectivity index (χ2n) is 7.42. The van der Waals surface area contributed by atoms with Gasteiger partial charge in [0.15, 0.2) is 6.20 Å². The topological polar surface area (TPSA) is 3.88 Å². The Morgan fingerprint density at radius 3 is 2.14 bits per heavy atom. The molecule has 5 rings (SSSR count). The molecule has 134 valence electrons. The number of benzene rings is 4. The largest absolute Gasteiger partial charge is 0.212 e. The quantitative estimate of drug-likeness (QED) is 0.251. The van der Waals surface area contributed by atoms with E-state index < -0.39 is 0 Å². The van der Waals surface area contributed by atoms with Gasteiger partial charge in [-0.3, -0.25) is 0 Å². The lowest BCUT2D eigenvalue weighted by molar-refractivity contribution is -0.660. The lowest BCUT2D eigenvalue weighted by Crippen LogP contribution is -2.30. The molecule has 0 radical (unpaired) electrons. The summed E-state index contributed by atoms with van der Waals surface area (Å²) in [7, 11) is 2.10. The van der Waals surface area contributed by atoms with Crippen molar-refractivity contribution in [3.05, 3.63) is 103 Å². The van der Waals surface area contributed by atoms with Gasteiger partial charge < -0.3 is 0 Å². The lowest BCUT2D eigenvalue weighted by atomic mass is 9.91. The Morgan fingerprint density at radius 1 is 0.607 bits per heavy atom. The van der Waals surface area contributed by atoms with Gasteiger partial charge in [0.25, 0.3) is 0 Å². The van der Waals surface area contributed by atoms with E-state index in [0.717, 1.165) is 0 Å². The van der Waals surface area contributed by atoms with Crippen LogP contribution in [0, 0.1) is 6.92 Å². The zero-order chi connectivity index (χ0) is 19.1. The maximum Gasteiger partial charge on any atom is 0.212 e. The Bertz CT molecular complexity index is 1330. The fourth-order valence-electron chi connectivity index (χ4n) is 4.16. The number of aromatic nitrogens is 1. The highest BCUT2D eigenvalue weighted by Crippen LogP contribution is 2.36. The molecule has 0 aliphatic heterocycles. The Kier molecular flexibility index (Phi) is 3.95. The maximum absolute atomic E-state index is 2.33. The number of nitrogens with zero attached hydrogens (tertiary/aromatic N) is 1. The van der Waals surface area contributed by atoms with E-state index in [2.05, 4.69) is 116 Å². The van der Waals surface area contributed by atoms with Crippen molar-refractivity contribution < 1.29 is 4.57 Å². The third-order valence-corrected chi connectivity index (χ3v) is 5.65. The monoisotopic (exact) mass is 360 g/mol. The van der Waals surface area contributed by atoms with Gasteiger partial charge in [0.05, 0.1) is 0 Å². The van der Waals surface area contributed by atoms with Crippen molar-refractivity contribution in [1.82, 2.24) is 0 Å². The summed E-state index contributed by atoms with van der Waals surface area (Å²) in [4.78, 5) is 0. The van der Waals surface area contributed by atoms with E-state index in [9.17, 15) is 0 Å². The van der Waals surface area contributed by atoms with E-state index in [1.165, 1.54) is 49.5 Å². The molecule has 0 fully saturated rings. The van der Waals surface area contributed by atoms with Gasteiger partial charge in [0, 0.05) is 17.7 Å². The summed E-state index contributed by atoms with van der Waals surface area (Å²) in [6.07, 6.45) is 2.10. The number of aryl methyl sites for hydroxylation is 2.